The van der Waals surface area contributed by atoms with Crippen molar-refractivity contribution in [2.45, 2.75) is 51.5 Å². The van der Waals surface area contributed by atoms with Gasteiger partial charge in [0.2, 0.25) is 0 Å². The van der Waals surface area contributed by atoms with Crippen molar-refractivity contribution in [2.24, 2.45) is 0 Å². The molecule has 4 nitrogen and oxygen atoms in total. The normalized spacial score (nSPS) is 14.5. The van der Waals surface area contributed by atoms with Crippen molar-refractivity contribution in [3.8, 4) is 0 Å². The number of benzene rings is 1. The Morgan fingerprint density at radius 2 is 1.96 bits per heavy atom. The van der Waals surface area contributed by atoms with E-state index in [0.717, 1.165) is 5.69 Å². The fourth-order valence-corrected chi connectivity index (χ4v) is 3.55. The fraction of sp³-hybridized carbons (Fsp3) is 0.474. The number of nitrogens with one attached hydrogen (secondary N) is 2. The lowest BCUT2D eigenvalue weighted by Crippen LogP contribution is -2.42. The summed E-state index contributed by atoms with van der Waals surface area (Å²) in [6, 6.07) is 8.33. The van der Waals surface area contributed by atoms with Crippen LogP contribution in [0.3, 0.4) is 0 Å². The molecule has 1 aliphatic carbocycles. The molecule has 2 N–H and O–H groups in total. The predicted octanol–water partition coefficient (Wildman–Crippen LogP) is 4.11. The van der Waals surface area contributed by atoms with Crippen molar-refractivity contribution < 1.29 is 4.79 Å². The van der Waals surface area contributed by atoms with Gasteiger partial charge in [0.05, 0.1) is 17.2 Å². The Morgan fingerprint density at radius 3 is 2.62 bits per heavy atom. The molecule has 0 spiro atoms. The Bertz CT molecular complexity index is 702. The number of carbonyl (C=O) groups is 1. The summed E-state index contributed by atoms with van der Waals surface area (Å²) in [5, 5.41) is 9.13. The molecule has 5 heteroatoms. The molecule has 0 radical (unpaired) electrons. The molecule has 1 aromatic carbocycles. The smallest absolute Gasteiger partial charge is 0.315 e. The van der Waals surface area contributed by atoms with E-state index in [1.807, 2.05) is 5.38 Å². The lowest BCUT2D eigenvalue weighted by atomic mass is 9.84. The summed E-state index contributed by atoms with van der Waals surface area (Å²) < 4.78 is 0. The van der Waals surface area contributed by atoms with E-state index in [1.165, 1.54) is 29.0 Å². The van der Waals surface area contributed by atoms with Crippen molar-refractivity contribution in [1.29, 1.82) is 0 Å². The van der Waals surface area contributed by atoms with Crippen LogP contribution in [-0.4, -0.2) is 17.6 Å². The number of hydrogen-bond donors (Lipinski definition) is 2. The van der Waals surface area contributed by atoms with Crippen molar-refractivity contribution in [3.63, 3.8) is 0 Å². The molecule has 0 saturated heterocycles. The number of hydrogen-bond acceptors (Lipinski definition) is 3. The third kappa shape index (κ3) is 4.35. The number of thiazole rings is 1. The van der Waals surface area contributed by atoms with E-state index >= 15 is 0 Å². The standard InChI is InChI=1S/C19H25N3OS/c1-13-4-8-15(9-5-13)19(2,3)12-21-18(23)20-10-16-11-24-17(22-16)14-6-7-14/h4-5,8-9,11,14H,6-7,10,12H2,1-3H3,(H2,20,21,23). The SMILES string of the molecule is Cc1ccc(C(C)(C)CNC(=O)NCc2csc(C3CC3)n2)cc1. The van der Waals surface area contributed by atoms with E-state index < -0.39 is 0 Å². The minimum Gasteiger partial charge on any atom is -0.337 e. The van der Waals surface area contributed by atoms with E-state index in [-0.39, 0.29) is 11.4 Å². The van der Waals surface area contributed by atoms with E-state index in [2.05, 4.69) is 60.7 Å². The third-order valence-corrected chi connectivity index (χ3v) is 5.51. The van der Waals surface area contributed by atoms with Gasteiger partial charge in [-0.05, 0) is 25.3 Å². The molecule has 0 aliphatic heterocycles. The zero-order chi connectivity index (χ0) is 17.2. The molecule has 1 aliphatic rings. The molecule has 3 rings (SSSR count). The highest BCUT2D eigenvalue weighted by atomic mass is 32.1. The van der Waals surface area contributed by atoms with Crippen LogP contribution >= 0.6 is 11.3 Å². The number of carbonyl (C=O) groups excluding carboxylic acids is 1. The van der Waals surface area contributed by atoms with E-state index in [4.69, 9.17) is 0 Å². The maximum absolute atomic E-state index is 12.1. The first-order chi connectivity index (χ1) is 11.4. The lowest BCUT2D eigenvalue weighted by Gasteiger charge is -2.25. The highest BCUT2D eigenvalue weighted by molar-refractivity contribution is 7.09. The predicted molar refractivity (Wildman–Crippen MR) is 98.5 cm³/mol. The molecule has 2 aromatic rings. The van der Waals surface area contributed by atoms with Crippen LogP contribution in [0, 0.1) is 6.92 Å². The van der Waals surface area contributed by atoms with Crippen LogP contribution in [0.4, 0.5) is 4.79 Å². The van der Waals surface area contributed by atoms with Gasteiger partial charge < -0.3 is 10.6 Å². The third-order valence-electron chi connectivity index (χ3n) is 4.45. The first-order valence-electron chi connectivity index (χ1n) is 8.47. The maximum Gasteiger partial charge on any atom is 0.315 e. The Balaban J connectivity index is 1.46. The van der Waals surface area contributed by atoms with E-state index in [9.17, 15) is 4.79 Å². The van der Waals surface area contributed by atoms with Crippen LogP contribution in [0.5, 0.6) is 0 Å². The second kappa shape index (κ2) is 6.93. The number of urea groups is 1. The average Bonchev–Trinajstić information content (AvgIpc) is 3.30. The minimum atomic E-state index is -0.142. The van der Waals surface area contributed by atoms with Gasteiger partial charge in [-0.1, -0.05) is 43.7 Å². The molecule has 0 bridgehead atoms. The van der Waals surface area contributed by atoms with Gasteiger partial charge >= 0.3 is 6.03 Å². The van der Waals surface area contributed by atoms with Crippen LogP contribution < -0.4 is 10.6 Å². The van der Waals surface area contributed by atoms with Crippen molar-refractivity contribution >= 4 is 17.4 Å². The molecule has 1 heterocycles. The highest BCUT2D eigenvalue weighted by Crippen LogP contribution is 2.41. The lowest BCUT2D eigenvalue weighted by molar-refractivity contribution is 0.238. The summed E-state index contributed by atoms with van der Waals surface area (Å²) in [5.41, 5.74) is 3.32. The summed E-state index contributed by atoms with van der Waals surface area (Å²) in [6.07, 6.45) is 2.52. The zero-order valence-electron chi connectivity index (χ0n) is 14.6. The van der Waals surface area contributed by atoms with Gasteiger partial charge in [-0.3, -0.25) is 0 Å². The minimum absolute atomic E-state index is 0.106. The molecule has 0 atom stereocenters. The molecule has 1 fully saturated rings. The summed E-state index contributed by atoms with van der Waals surface area (Å²) in [5.74, 6) is 0.674. The zero-order valence-corrected chi connectivity index (χ0v) is 15.4. The molecule has 128 valence electrons. The van der Waals surface area contributed by atoms with Crippen LogP contribution in [0.2, 0.25) is 0 Å². The largest absolute Gasteiger partial charge is 0.337 e. The van der Waals surface area contributed by atoms with Crippen LogP contribution in [0.15, 0.2) is 29.6 Å². The highest BCUT2D eigenvalue weighted by Gasteiger charge is 2.26. The van der Waals surface area contributed by atoms with Crippen LogP contribution in [0.25, 0.3) is 0 Å². The van der Waals surface area contributed by atoms with Crippen LogP contribution in [0.1, 0.15) is 54.4 Å². The number of nitrogens with zero attached hydrogens (tertiary/aromatic N) is 1. The van der Waals surface area contributed by atoms with Crippen molar-refractivity contribution in [3.05, 3.63) is 51.5 Å². The second-order valence-electron chi connectivity index (χ2n) is 7.24. The van der Waals surface area contributed by atoms with Crippen LogP contribution in [-0.2, 0) is 12.0 Å². The maximum atomic E-state index is 12.1. The Labute approximate surface area is 147 Å². The topological polar surface area (TPSA) is 54.0 Å². The van der Waals surface area contributed by atoms with E-state index in [1.54, 1.807) is 11.3 Å². The monoisotopic (exact) mass is 343 g/mol. The average molecular weight is 343 g/mol. The molecule has 0 unspecified atom stereocenters. The molecule has 1 saturated carbocycles. The number of rotatable bonds is 6. The summed E-state index contributed by atoms with van der Waals surface area (Å²) in [4.78, 5) is 16.6. The summed E-state index contributed by atoms with van der Waals surface area (Å²) >= 11 is 1.71. The van der Waals surface area contributed by atoms with E-state index in [0.29, 0.717) is 19.0 Å². The molecule has 24 heavy (non-hydrogen) atoms. The number of aromatic nitrogens is 1. The number of amides is 2. The Kier molecular flexibility index (Phi) is 4.90. The van der Waals surface area contributed by atoms with Crippen molar-refractivity contribution in [2.75, 3.05) is 6.54 Å². The first kappa shape index (κ1) is 17.0. The second-order valence-corrected chi connectivity index (χ2v) is 8.13. The van der Waals surface area contributed by atoms with Gasteiger partial charge in [-0.15, -0.1) is 11.3 Å². The Morgan fingerprint density at radius 1 is 1.25 bits per heavy atom. The molecule has 1 aromatic heterocycles. The quantitative estimate of drug-likeness (QED) is 0.829. The van der Waals surface area contributed by atoms with Gasteiger partial charge in [0.15, 0.2) is 0 Å². The van der Waals surface area contributed by atoms with Gasteiger partial charge in [0, 0.05) is 23.3 Å². The Hall–Kier alpha value is -1.88. The summed E-state index contributed by atoms with van der Waals surface area (Å²) in [6.45, 7) is 7.43. The van der Waals surface area contributed by atoms with Gasteiger partial charge in [-0.25, -0.2) is 9.78 Å². The van der Waals surface area contributed by atoms with Crippen molar-refractivity contribution in [1.82, 2.24) is 15.6 Å². The molecule has 2 amide bonds. The fourth-order valence-electron chi connectivity index (χ4n) is 2.56. The van der Waals surface area contributed by atoms with Gasteiger partial charge in [-0.2, -0.15) is 0 Å². The first-order valence-corrected chi connectivity index (χ1v) is 9.35. The summed E-state index contributed by atoms with van der Waals surface area (Å²) in [7, 11) is 0. The number of aryl methyl sites for hydroxylation is 1. The van der Waals surface area contributed by atoms with Gasteiger partial charge in [0.25, 0.3) is 0 Å². The molecular weight excluding hydrogens is 318 g/mol. The van der Waals surface area contributed by atoms with Gasteiger partial charge in [0.1, 0.15) is 0 Å². The molecular formula is C19H25N3OS.